The summed E-state index contributed by atoms with van der Waals surface area (Å²) in [5, 5.41) is 3.00. The lowest BCUT2D eigenvalue weighted by molar-refractivity contribution is 0.629. The van der Waals surface area contributed by atoms with Crippen molar-refractivity contribution in [1.82, 2.24) is 4.98 Å². The van der Waals surface area contributed by atoms with Gasteiger partial charge in [0.25, 0.3) is 0 Å². The van der Waals surface area contributed by atoms with E-state index in [9.17, 15) is 4.39 Å². The highest BCUT2D eigenvalue weighted by atomic mass is 32.1. The van der Waals surface area contributed by atoms with Crippen LogP contribution in [-0.4, -0.2) is 9.97 Å². The Bertz CT molecular complexity index is 613. The third kappa shape index (κ3) is 3.48. The quantitative estimate of drug-likeness (QED) is 0.842. The lowest BCUT2D eigenvalue weighted by atomic mass is 10.2. The van der Waals surface area contributed by atoms with E-state index in [4.69, 9.17) is 18.0 Å². The molecule has 0 aliphatic rings. The van der Waals surface area contributed by atoms with Crippen molar-refractivity contribution in [2.24, 2.45) is 5.73 Å². The van der Waals surface area contributed by atoms with Crippen LogP contribution in [0, 0.1) is 12.7 Å². The number of nitrogens with one attached hydrogen (secondary N) is 1. The molecule has 0 radical (unpaired) electrons. The first kappa shape index (κ1) is 13.4. The molecule has 0 fully saturated rings. The highest BCUT2D eigenvalue weighted by molar-refractivity contribution is 7.80. The molecule has 3 N–H and O–H groups in total. The molecule has 98 valence electrons. The van der Waals surface area contributed by atoms with Gasteiger partial charge in [0, 0.05) is 11.3 Å². The van der Waals surface area contributed by atoms with Crippen LogP contribution in [0.1, 0.15) is 17.0 Å². The molecule has 0 aliphatic heterocycles. The van der Waals surface area contributed by atoms with E-state index in [1.165, 1.54) is 6.07 Å². The molecular formula is C14H14FN3S. The lowest BCUT2D eigenvalue weighted by Crippen LogP contribution is -2.10. The predicted molar refractivity (Wildman–Crippen MR) is 78.6 cm³/mol. The molecule has 3 nitrogen and oxygen atoms in total. The summed E-state index contributed by atoms with van der Waals surface area (Å²) in [5.74, 6) is -0.377. The van der Waals surface area contributed by atoms with Crippen LogP contribution in [0.3, 0.4) is 0 Å². The number of nitrogens with zero attached hydrogens (tertiary/aromatic N) is 1. The van der Waals surface area contributed by atoms with Crippen molar-refractivity contribution in [1.29, 1.82) is 0 Å². The highest BCUT2D eigenvalue weighted by Crippen LogP contribution is 2.16. The van der Waals surface area contributed by atoms with E-state index in [2.05, 4.69) is 10.3 Å². The zero-order valence-electron chi connectivity index (χ0n) is 10.5. The third-order valence-electron chi connectivity index (χ3n) is 2.66. The molecule has 0 saturated carbocycles. The second kappa shape index (κ2) is 5.75. The van der Waals surface area contributed by atoms with Crippen LogP contribution < -0.4 is 11.1 Å². The Hall–Kier alpha value is -2.01. The summed E-state index contributed by atoms with van der Waals surface area (Å²) in [7, 11) is 0. The minimum absolute atomic E-state index is 0.186. The van der Waals surface area contributed by atoms with Crippen LogP contribution in [0.25, 0.3) is 0 Å². The Morgan fingerprint density at radius 3 is 2.79 bits per heavy atom. The van der Waals surface area contributed by atoms with Crippen molar-refractivity contribution in [2.45, 2.75) is 13.5 Å². The van der Waals surface area contributed by atoms with Gasteiger partial charge in [-0.3, -0.25) is 4.98 Å². The average molecular weight is 275 g/mol. The van der Waals surface area contributed by atoms with E-state index in [-0.39, 0.29) is 10.8 Å². The normalized spacial score (nSPS) is 10.2. The van der Waals surface area contributed by atoms with Gasteiger partial charge in [-0.2, -0.15) is 0 Å². The van der Waals surface area contributed by atoms with Crippen molar-refractivity contribution < 1.29 is 4.39 Å². The molecule has 5 heteroatoms. The van der Waals surface area contributed by atoms with Crippen LogP contribution in [0.4, 0.5) is 10.1 Å². The summed E-state index contributed by atoms with van der Waals surface area (Å²) < 4.78 is 13.8. The number of hydrogen-bond acceptors (Lipinski definition) is 3. The van der Waals surface area contributed by atoms with Gasteiger partial charge < -0.3 is 11.1 Å². The number of thiocarbonyl (C=S) groups is 1. The number of nitrogens with two attached hydrogens (primary N) is 1. The van der Waals surface area contributed by atoms with Crippen molar-refractivity contribution in [3.8, 4) is 0 Å². The zero-order valence-corrected chi connectivity index (χ0v) is 11.3. The summed E-state index contributed by atoms with van der Waals surface area (Å²) in [6.45, 7) is 2.38. The van der Waals surface area contributed by atoms with Gasteiger partial charge in [-0.1, -0.05) is 18.3 Å². The van der Waals surface area contributed by atoms with E-state index in [0.29, 0.717) is 17.8 Å². The van der Waals surface area contributed by atoms with Crippen LogP contribution in [0.2, 0.25) is 0 Å². The summed E-state index contributed by atoms with van der Waals surface area (Å²) >= 11 is 4.80. The van der Waals surface area contributed by atoms with Crippen LogP contribution in [0.5, 0.6) is 0 Å². The number of anilines is 1. The van der Waals surface area contributed by atoms with Gasteiger partial charge in [-0.05, 0) is 37.3 Å². The lowest BCUT2D eigenvalue weighted by Gasteiger charge is -2.09. The second-order valence-electron chi connectivity index (χ2n) is 4.18. The van der Waals surface area contributed by atoms with Crippen LogP contribution in [0.15, 0.2) is 36.4 Å². The molecule has 2 aromatic rings. The van der Waals surface area contributed by atoms with Crippen molar-refractivity contribution in [2.75, 3.05) is 5.32 Å². The fourth-order valence-corrected chi connectivity index (χ4v) is 1.82. The van der Waals surface area contributed by atoms with Gasteiger partial charge in [0.1, 0.15) is 10.8 Å². The maximum absolute atomic E-state index is 13.8. The standard InChI is InChI=1S/C14H14FN3S/c1-9-3-2-4-11(18-9)8-17-13-6-5-10(14(16)19)7-12(13)15/h2-7,17H,8H2,1H3,(H2,16,19). The van der Waals surface area contributed by atoms with Crippen LogP contribution in [-0.2, 0) is 6.54 Å². The molecule has 2 rings (SSSR count). The summed E-state index contributed by atoms with van der Waals surface area (Å²) in [4.78, 5) is 4.52. The highest BCUT2D eigenvalue weighted by Gasteiger charge is 2.05. The van der Waals surface area contributed by atoms with Gasteiger partial charge in [0.15, 0.2) is 0 Å². The first-order valence-electron chi connectivity index (χ1n) is 5.82. The van der Waals surface area contributed by atoms with E-state index >= 15 is 0 Å². The maximum Gasteiger partial charge on any atom is 0.146 e. The topological polar surface area (TPSA) is 50.9 Å². The Balaban J connectivity index is 2.10. The molecule has 1 aromatic heterocycles. The first-order valence-corrected chi connectivity index (χ1v) is 6.23. The van der Waals surface area contributed by atoms with Gasteiger partial charge in [-0.25, -0.2) is 4.39 Å². The first-order chi connectivity index (χ1) is 9.06. The number of rotatable bonds is 4. The van der Waals surface area contributed by atoms with Gasteiger partial charge in [-0.15, -0.1) is 0 Å². The number of benzene rings is 1. The smallest absolute Gasteiger partial charge is 0.146 e. The minimum atomic E-state index is -0.377. The number of hydrogen-bond donors (Lipinski definition) is 2. The predicted octanol–water partition coefficient (Wildman–Crippen LogP) is 2.78. The van der Waals surface area contributed by atoms with Crippen molar-refractivity contribution in [3.05, 3.63) is 59.2 Å². The molecule has 1 aromatic carbocycles. The molecule has 0 bridgehead atoms. The maximum atomic E-state index is 13.8. The molecule has 0 atom stereocenters. The molecule has 0 unspecified atom stereocenters. The van der Waals surface area contributed by atoms with E-state index in [1.807, 2.05) is 25.1 Å². The fraction of sp³-hybridized carbons (Fsp3) is 0.143. The van der Waals surface area contributed by atoms with Crippen LogP contribution >= 0.6 is 12.2 Å². The monoisotopic (exact) mass is 275 g/mol. The number of pyridine rings is 1. The average Bonchev–Trinajstić information content (AvgIpc) is 2.37. The molecule has 0 saturated heterocycles. The zero-order chi connectivity index (χ0) is 13.8. The Kier molecular flexibility index (Phi) is 4.06. The number of aryl methyl sites for hydroxylation is 1. The van der Waals surface area contributed by atoms with Gasteiger partial charge in [0.05, 0.1) is 17.9 Å². The molecule has 19 heavy (non-hydrogen) atoms. The Morgan fingerprint density at radius 2 is 2.16 bits per heavy atom. The molecular weight excluding hydrogens is 261 g/mol. The van der Waals surface area contributed by atoms with Gasteiger partial charge in [0.2, 0.25) is 0 Å². The SMILES string of the molecule is Cc1cccc(CNc2ccc(C(N)=S)cc2F)n1. The van der Waals surface area contributed by atoms with E-state index < -0.39 is 0 Å². The van der Waals surface area contributed by atoms with E-state index in [0.717, 1.165) is 11.4 Å². The van der Waals surface area contributed by atoms with Crippen molar-refractivity contribution >= 4 is 22.9 Å². The summed E-state index contributed by atoms with van der Waals surface area (Å²) in [6, 6.07) is 10.4. The molecule has 1 heterocycles. The Morgan fingerprint density at radius 1 is 1.37 bits per heavy atom. The summed E-state index contributed by atoms with van der Waals surface area (Å²) in [6.07, 6.45) is 0. The fourth-order valence-electron chi connectivity index (χ4n) is 1.70. The third-order valence-corrected chi connectivity index (χ3v) is 2.90. The number of aromatic nitrogens is 1. The van der Waals surface area contributed by atoms with Crippen molar-refractivity contribution in [3.63, 3.8) is 0 Å². The molecule has 0 spiro atoms. The van der Waals surface area contributed by atoms with Gasteiger partial charge >= 0.3 is 0 Å². The molecule has 0 aliphatic carbocycles. The Labute approximate surface area is 116 Å². The largest absolute Gasteiger partial charge is 0.389 e. The van der Waals surface area contributed by atoms with E-state index in [1.54, 1.807) is 12.1 Å². The molecule has 0 amide bonds. The minimum Gasteiger partial charge on any atom is -0.389 e. The summed E-state index contributed by atoms with van der Waals surface area (Å²) in [5.41, 5.74) is 8.17. The second-order valence-corrected chi connectivity index (χ2v) is 4.62. The number of halogens is 1.